The van der Waals surface area contributed by atoms with Crippen LogP contribution >= 0.6 is 11.6 Å². The molecule has 0 aliphatic carbocycles. The summed E-state index contributed by atoms with van der Waals surface area (Å²) in [5.74, 6) is -0.0105. The summed E-state index contributed by atoms with van der Waals surface area (Å²) in [6, 6.07) is 11.9. The third-order valence-electron chi connectivity index (χ3n) is 3.52. The fourth-order valence-corrected chi connectivity index (χ4v) is 2.49. The molecule has 1 heterocycles. The van der Waals surface area contributed by atoms with Gasteiger partial charge in [0.2, 0.25) is 0 Å². The summed E-state index contributed by atoms with van der Waals surface area (Å²) in [6.07, 6.45) is 0.00892. The van der Waals surface area contributed by atoms with Crippen LogP contribution in [-0.4, -0.2) is 21.0 Å². The SMILES string of the molecule is Cc1cc(Cl)ccc1OC(=O)CCn1nnc2ccccc2c1=O. The van der Waals surface area contributed by atoms with E-state index >= 15 is 0 Å². The summed E-state index contributed by atoms with van der Waals surface area (Å²) in [6.45, 7) is 1.90. The molecule has 122 valence electrons. The van der Waals surface area contributed by atoms with Gasteiger partial charge in [0.15, 0.2) is 0 Å². The Morgan fingerprint density at radius 3 is 2.83 bits per heavy atom. The topological polar surface area (TPSA) is 74.1 Å². The van der Waals surface area contributed by atoms with Gasteiger partial charge < -0.3 is 4.74 Å². The molecule has 6 nitrogen and oxygen atoms in total. The molecule has 24 heavy (non-hydrogen) atoms. The Labute approximate surface area is 142 Å². The highest BCUT2D eigenvalue weighted by Gasteiger charge is 2.10. The Hall–Kier alpha value is -2.73. The van der Waals surface area contributed by atoms with Crippen LogP contribution in [0.3, 0.4) is 0 Å². The number of aryl methyl sites for hydroxylation is 2. The van der Waals surface area contributed by atoms with E-state index in [9.17, 15) is 9.59 Å². The maximum Gasteiger partial charge on any atom is 0.313 e. The first kappa shape index (κ1) is 16.1. The van der Waals surface area contributed by atoms with Crippen molar-refractivity contribution < 1.29 is 9.53 Å². The molecule has 0 aliphatic rings. The first-order valence-electron chi connectivity index (χ1n) is 7.34. The molecular weight excluding hydrogens is 330 g/mol. The first-order valence-corrected chi connectivity index (χ1v) is 7.72. The summed E-state index contributed by atoms with van der Waals surface area (Å²) in [7, 11) is 0. The van der Waals surface area contributed by atoms with Gasteiger partial charge in [-0.2, -0.15) is 0 Å². The predicted octanol–water partition coefficient (Wildman–Crippen LogP) is 2.75. The van der Waals surface area contributed by atoms with E-state index in [4.69, 9.17) is 16.3 Å². The number of fused-ring (bicyclic) bond motifs is 1. The highest BCUT2D eigenvalue weighted by atomic mass is 35.5. The van der Waals surface area contributed by atoms with Crippen LogP contribution in [0.5, 0.6) is 5.75 Å². The van der Waals surface area contributed by atoms with Gasteiger partial charge in [0.05, 0.1) is 18.4 Å². The van der Waals surface area contributed by atoms with Gasteiger partial charge in [-0.05, 0) is 42.8 Å². The molecule has 0 bridgehead atoms. The van der Waals surface area contributed by atoms with Crippen LogP contribution in [-0.2, 0) is 11.3 Å². The fourth-order valence-electron chi connectivity index (χ4n) is 2.27. The number of carbonyl (C=O) groups excluding carboxylic acids is 1. The van der Waals surface area contributed by atoms with E-state index in [0.29, 0.717) is 21.7 Å². The zero-order valence-electron chi connectivity index (χ0n) is 12.9. The lowest BCUT2D eigenvalue weighted by Gasteiger charge is -2.08. The molecule has 3 rings (SSSR count). The molecule has 0 atom stereocenters. The lowest BCUT2D eigenvalue weighted by atomic mass is 10.2. The minimum absolute atomic E-state index is 0.00892. The van der Waals surface area contributed by atoms with Crippen LogP contribution < -0.4 is 10.3 Å². The van der Waals surface area contributed by atoms with Crippen LogP contribution in [0.1, 0.15) is 12.0 Å². The molecule has 0 unspecified atom stereocenters. The summed E-state index contributed by atoms with van der Waals surface area (Å²) in [5.41, 5.74) is 1.01. The minimum atomic E-state index is -0.456. The van der Waals surface area contributed by atoms with Crippen molar-refractivity contribution in [3.63, 3.8) is 0 Å². The van der Waals surface area contributed by atoms with Crippen LogP contribution in [0, 0.1) is 6.92 Å². The highest BCUT2D eigenvalue weighted by Crippen LogP contribution is 2.22. The van der Waals surface area contributed by atoms with E-state index in [1.807, 2.05) is 0 Å². The Balaban J connectivity index is 1.70. The van der Waals surface area contributed by atoms with E-state index in [1.54, 1.807) is 49.4 Å². The Morgan fingerprint density at radius 2 is 2.04 bits per heavy atom. The van der Waals surface area contributed by atoms with E-state index in [-0.39, 0.29) is 18.5 Å². The van der Waals surface area contributed by atoms with Crippen molar-refractivity contribution in [3.8, 4) is 5.75 Å². The normalized spacial score (nSPS) is 10.8. The highest BCUT2D eigenvalue weighted by molar-refractivity contribution is 6.30. The van der Waals surface area contributed by atoms with Gasteiger partial charge in [0.25, 0.3) is 5.56 Å². The number of ether oxygens (including phenoxy) is 1. The van der Waals surface area contributed by atoms with Crippen molar-refractivity contribution >= 4 is 28.5 Å². The fraction of sp³-hybridized carbons (Fsp3) is 0.176. The van der Waals surface area contributed by atoms with Crippen LogP contribution in [0.25, 0.3) is 10.9 Å². The van der Waals surface area contributed by atoms with Crippen LogP contribution in [0.2, 0.25) is 5.02 Å². The number of carbonyl (C=O) groups is 1. The molecule has 0 spiro atoms. The Bertz CT molecular complexity index is 969. The first-order chi connectivity index (χ1) is 11.5. The van der Waals surface area contributed by atoms with E-state index in [0.717, 1.165) is 10.2 Å². The lowest BCUT2D eigenvalue weighted by molar-refractivity contribution is -0.134. The van der Waals surface area contributed by atoms with Gasteiger partial charge in [-0.1, -0.05) is 28.9 Å². The van der Waals surface area contributed by atoms with Gasteiger partial charge in [-0.3, -0.25) is 9.59 Å². The second kappa shape index (κ2) is 6.80. The van der Waals surface area contributed by atoms with E-state index in [2.05, 4.69) is 10.3 Å². The van der Waals surface area contributed by atoms with Crippen molar-refractivity contribution in [2.24, 2.45) is 0 Å². The smallest absolute Gasteiger partial charge is 0.313 e. The molecule has 2 aromatic carbocycles. The number of hydrogen-bond acceptors (Lipinski definition) is 5. The molecule has 0 saturated heterocycles. The monoisotopic (exact) mass is 343 g/mol. The molecule has 0 radical (unpaired) electrons. The lowest BCUT2D eigenvalue weighted by Crippen LogP contribution is -2.26. The van der Waals surface area contributed by atoms with Crippen molar-refractivity contribution in [1.82, 2.24) is 15.0 Å². The second-order valence-electron chi connectivity index (χ2n) is 5.27. The Morgan fingerprint density at radius 1 is 1.25 bits per heavy atom. The van der Waals surface area contributed by atoms with Gasteiger partial charge in [0.1, 0.15) is 11.3 Å². The third-order valence-corrected chi connectivity index (χ3v) is 3.75. The number of halogens is 1. The average molecular weight is 344 g/mol. The number of esters is 1. The van der Waals surface area contributed by atoms with Crippen LogP contribution in [0.15, 0.2) is 47.3 Å². The molecule has 7 heteroatoms. The number of rotatable bonds is 4. The second-order valence-corrected chi connectivity index (χ2v) is 5.71. The largest absolute Gasteiger partial charge is 0.426 e. The number of nitrogens with zero attached hydrogens (tertiary/aromatic N) is 3. The van der Waals surface area contributed by atoms with Crippen molar-refractivity contribution in [1.29, 1.82) is 0 Å². The molecule has 1 aromatic heterocycles. The summed E-state index contributed by atoms with van der Waals surface area (Å²) < 4.78 is 6.45. The number of benzene rings is 2. The number of hydrogen-bond donors (Lipinski definition) is 0. The average Bonchev–Trinajstić information content (AvgIpc) is 2.57. The zero-order chi connectivity index (χ0) is 17.1. The van der Waals surface area contributed by atoms with Gasteiger partial charge in [0, 0.05) is 5.02 Å². The van der Waals surface area contributed by atoms with Crippen LogP contribution in [0.4, 0.5) is 0 Å². The molecule has 0 N–H and O–H groups in total. The minimum Gasteiger partial charge on any atom is -0.426 e. The molecule has 0 saturated carbocycles. The van der Waals surface area contributed by atoms with Gasteiger partial charge >= 0.3 is 5.97 Å². The van der Waals surface area contributed by atoms with E-state index in [1.165, 1.54) is 0 Å². The van der Waals surface area contributed by atoms with Crippen molar-refractivity contribution in [2.75, 3.05) is 0 Å². The third kappa shape index (κ3) is 3.44. The summed E-state index contributed by atoms with van der Waals surface area (Å²) in [4.78, 5) is 24.3. The summed E-state index contributed by atoms with van der Waals surface area (Å²) >= 11 is 5.87. The predicted molar refractivity (Wildman–Crippen MR) is 90.2 cm³/mol. The van der Waals surface area contributed by atoms with Gasteiger partial charge in [-0.25, -0.2) is 4.68 Å². The standard InChI is InChI=1S/C17H14ClN3O3/c1-11-10-12(18)6-7-15(11)24-16(22)8-9-21-17(23)13-4-2-3-5-14(13)19-20-21/h2-7,10H,8-9H2,1H3. The molecule has 0 aliphatic heterocycles. The quantitative estimate of drug-likeness (QED) is 0.538. The van der Waals surface area contributed by atoms with Gasteiger partial charge in [-0.15, -0.1) is 5.10 Å². The maximum absolute atomic E-state index is 12.3. The molecule has 0 fully saturated rings. The van der Waals surface area contributed by atoms with E-state index < -0.39 is 5.97 Å². The van der Waals surface area contributed by atoms with Crippen molar-refractivity contribution in [3.05, 3.63) is 63.4 Å². The molecule has 0 amide bonds. The number of aromatic nitrogens is 3. The summed E-state index contributed by atoms with van der Waals surface area (Å²) in [5, 5.41) is 8.86. The zero-order valence-corrected chi connectivity index (χ0v) is 13.7. The maximum atomic E-state index is 12.3. The Kier molecular flexibility index (Phi) is 4.57. The van der Waals surface area contributed by atoms with Crippen molar-refractivity contribution in [2.45, 2.75) is 19.9 Å². The molecule has 3 aromatic rings. The molecular formula is C17H14ClN3O3.